The molecule has 2 rings (SSSR count). The van der Waals surface area contributed by atoms with Crippen molar-refractivity contribution in [2.45, 2.75) is 62.4 Å². The molecule has 1 aromatic carbocycles. The Hall–Kier alpha value is -0.510. The molecule has 1 saturated heterocycles. The quantitative estimate of drug-likeness (QED) is 0.433. The largest absolute Gasteiger partial charge is 0.353 e. The molecule has 1 aromatic rings. The van der Waals surface area contributed by atoms with Crippen molar-refractivity contribution in [3.63, 3.8) is 0 Å². The lowest BCUT2D eigenvalue weighted by molar-refractivity contribution is -0.162. The van der Waals surface area contributed by atoms with Gasteiger partial charge in [-0.05, 0) is 63.6 Å². The van der Waals surface area contributed by atoms with Crippen LogP contribution in [0.5, 0.6) is 0 Å². The minimum atomic E-state index is 0.0505. The van der Waals surface area contributed by atoms with E-state index in [9.17, 15) is 0 Å². The fraction of sp³-hybridized carbons (Fsp3) is 0.647. The third kappa shape index (κ3) is 5.86. The van der Waals surface area contributed by atoms with Crippen molar-refractivity contribution in [2.24, 2.45) is 0 Å². The van der Waals surface area contributed by atoms with Gasteiger partial charge in [0, 0.05) is 18.4 Å². The number of hydrogen-bond acceptors (Lipinski definition) is 2. The second-order valence-electron chi connectivity index (χ2n) is 5.66. The molecule has 0 aromatic heterocycles. The Morgan fingerprint density at radius 2 is 2.25 bits per heavy atom. The average Bonchev–Trinajstić information content (AvgIpc) is 2.44. The minimum Gasteiger partial charge on any atom is -0.353 e. The molecule has 2 nitrogen and oxygen atoms in total. The van der Waals surface area contributed by atoms with Crippen LogP contribution in [0.15, 0.2) is 29.2 Å². The van der Waals surface area contributed by atoms with Crippen LogP contribution in [-0.2, 0) is 27.7 Å². The van der Waals surface area contributed by atoms with Gasteiger partial charge in [0.1, 0.15) is 5.25 Å². The van der Waals surface area contributed by atoms with Crippen LogP contribution in [0.4, 0.5) is 0 Å². The summed E-state index contributed by atoms with van der Waals surface area (Å²) in [6.45, 7) is 6.18. The lowest BCUT2D eigenvalue weighted by Crippen LogP contribution is -2.22. The summed E-state index contributed by atoms with van der Waals surface area (Å²) in [7, 11) is 0. The molecule has 112 valence electrons. The van der Waals surface area contributed by atoms with Gasteiger partial charge in [-0.25, -0.2) is 0 Å². The molecule has 0 saturated carbocycles. The van der Waals surface area contributed by atoms with Crippen molar-refractivity contribution >= 4 is 11.8 Å². The van der Waals surface area contributed by atoms with E-state index >= 15 is 0 Å². The van der Waals surface area contributed by atoms with Crippen LogP contribution >= 0.6 is 0 Å². The molecule has 1 heterocycles. The summed E-state index contributed by atoms with van der Waals surface area (Å²) in [5, 5.41) is 0.692. The van der Waals surface area contributed by atoms with Crippen LogP contribution < -0.4 is 0 Å². The van der Waals surface area contributed by atoms with Crippen LogP contribution in [-0.4, -0.2) is 24.8 Å². The highest BCUT2D eigenvalue weighted by atomic mass is 32.2. The maximum Gasteiger partial charge on any atom is 0.157 e. The standard InChI is InChI=1S/C17H26O2S/c1-14(2)20-16-9-5-7-15(13-16)8-6-12-19-17-10-3-4-11-18-17/h5,7,9,13-14,17H,3-4,6,8,10-12H2,1-2H3/p+1. The molecule has 1 unspecified atom stereocenters. The molecule has 1 aliphatic heterocycles. The normalized spacial score (nSPS) is 19.4. The number of thiol groups is 1. The van der Waals surface area contributed by atoms with Gasteiger partial charge in [-0.1, -0.05) is 12.1 Å². The third-order valence-corrected chi connectivity index (χ3v) is 4.46. The number of rotatable bonds is 7. The van der Waals surface area contributed by atoms with Gasteiger partial charge in [0.15, 0.2) is 11.2 Å². The van der Waals surface area contributed by atoms with Crippen molar-refractivity contribution in [1.29, 1.82) is 0 Å². The summed E-state index contributed by atoms with van der Waals surface area (Å²) in [6.07, 6.45) is 5.69. The van der Waals surface area contributed by atoms with Crippen LogP contribution in [0.1, 0.15) is 45.1 Å². The number of aryl methyl sites for hydroxylation is 1. The Bertz CT molecular complexity index is 386. The predicted molar refractivity (Wildman–Crippen MR) is 86.5 cm³/mol. The smallest absolute Gasteiger partial charge is 0.157 e. The SMILES string of the molecule is CC(C)[SH+]c1cccc(CCCOC2CCCCO2)c1. The van der Waals surface area contributed by atoms with E-state index in [4.69, 9.17) is 9.47 Å². The first-order chi connectivity index (χ1) is 9.74. The Morgan fingerprint density at radius 1 is 1.35 bits per heavy atom. The molecule has 0 N–H and O–H groups in total. The monoisotopic (exact) mass is 295 g/mol. The topological polar surface area (TPSA) is 18.5 Å². The van der Waals surface area contributed by atoms with Gasteiger partial charge < -0.3 is 9.47 Å². The van der Waals surface area contributed by atoms with Crippen molar-refractivity contribution in [3.05, 3.63) is 29.8 Å². The van der Waals surface area contributed by atoms with Crippen LogP contribution in [0.2, 0.25) is 0 Å². The summed E-state index contributed by atoms with van der Waals surface area (Å²) in [4.78, 5) is 1.43. The van der Waals surface area contributed by atoms with Crippen molar-refractivity contribution in [1.82, 2.24) is 0 Å². The molecule has 20 heavy (non-hydrogen) atoms. The summed E-state index contributed by atoms with van der Waals surface area (Å²) >= 11 is 1.42. The molecule has 1 aliphatic rings. The summed E-state index contributed by atoms with van der Waals surface area (Å²) in [5.41, 5.74) is 1.42. The molecule has 0 amide bonds. The Morgan fingerprint density at radius 3 is 3.00 bits per heavy atom. The Labute approximate surface area is 127 Å². The van der Waals surface area contributed by atoms with E-state index in [-0.39, 0.29) is 6.29 Å². The van der Waals surface area contributed by atoms with Gasteiger partial charge in [-0.15, -0.1) is 0 Å². The molecule has 1 atom stereocenters. The summed E-state index contributed by atoms with van der Waals surface area (Å²) in [6, 6.07) is 8.94. The number of benzene rings is 1. The molecule has 0 aliphatic carbocycles. The molecule has 3 heteroatoms. The van der Waals surface area contributed by atoms with Gasteiger partial charge in [0.2, 0.25) is 0 Å². The van der Waals surface area contributed by atoms with E-state index in [1.807, 2.05) is 0 Å². The molecule has 0 bridgehead atoms. The Balaban J connectivity index is 1.68. The van der Waals surface area contributed by atoms with Crippen molar-refractivity contribution < 1.29 is 9.47 Å². The molecule has 0 radical (unpaired) electrons. The maximum absolute atomic E-state index is 5.78. The summed E-state index contributed by atoms with van der Waals surface area (Å²) in [5.74, 6) is 0. The van der Waals surface area contributed by atoms with E-state index in [0.717, 1.165) is 32.5 Å². The lowest BCUT2D eigenvalue weighted by Gasteiger charge is -2.22. The molecule has 0 spiro atoms. The Kier molecular flexibility index (Phi) is 6.91. The first kappa shape index (κ1) is 15.9. The molecular formula is C17H27O2S+. The van der Waals surface area contributed by atoms with Gasteiger partial charge >= 0.3 is 0 Å². The van der Waals surface area contributed by atoms with Crippen molar-refractivity contribution in [2.75, 3.05) is 13.2 Å². The van der Waals surface area contributed by atoms with Crippen LogP contribution in [0.3, 0.4) is 0 Å². The maximum atomic E-state index is 5.78. The highest BCUT2D eigenvalue weighted by Gasteiger charge is 2.13. The zero-order chi connectivity index (χ0) is 14.2. The fourth-order valence-electron chi connectivity index (χ4n) is 2.42. The molecular weight excluding hydrogens is 268 g/mol. The first-order valence-electron chi connectivity index (χ1n) is 7.77. The average molecular weight is 295 g/mol. The predicted octanol–water partition coefficient (Wildman–Crippen LogP) is 3.74. The van der Waals surface area contributed by atoms with E-state index < -0.39 is 0 Å². The lowest BCUT2D eigenvalue weighted by atomic mass is 10.1. The van der Waals surface area contributed by atoms with Crippen LogP contribution in [0, 0.1) is 0 Å². The second kappa shape index (κ2) is 8.71. The number of hydrogen-bond donors (Lipinski definition) is 0. The number of ether oxygens (including phenoxy) is 2. The zero-order valence-corrected chi connectivity index (χ0v) is 13.6. The van der Waals surface area contributed by atoms with E-state index in [1.54, 1.807) is 0 Å². The van der Waals surface area contributed by atoms with E-state index in [0.29, 0.717) is 5.25 Å². The zero-order valence-electron chi connectivity index (χ0n) is 12.7. The highest BCUT2D eigenvalue weighted by molar-refractivity contribution is 7.79. The van der Waals surface area contributed by atoms with E-state index in [1.165, 1.54) is 35.1 Å². The second-order valence-corrected chi connectivity index (χ2v) is 7.47. The molecule has 1 fully saturated rings. The van der Waals surface area contributed by atoms with E-state index in [2.05, 4.69) is 38.1 Å². The van der Waals surface area contributed by atoms with Gasteiger partial charge in [-0.2, -0.15) is 0 Å². The van der Waals surface area contributed by atoms with Crippen molar-refractivity contribution in [3.8, 4) is 0 Å². The van der Waals surface area contributed by atoms with Crippen LogP contribution in [0.25, 0.3) is 0 Å². The first-order valence-corrected chi connectivity index (χ1v) is 8.73. The highest BCUT2D eigenvalue weighted by Crippen LogP contribution is 2.15. The summed E-state index contributed by atoms with van der Waals surface area (Å²) < 4.78 is 11.3. The third-order valence-electron chi connectivity index (χ3n) is 3.37. The fourth-order valence-corrected chi connectivity index (χ4v) is 3.43. The minimum absolute atomic E-state index is 0.0505. The van der Waals surface area contributed by atoms with Gasteiger partial charge in [-0.3, -0.25) is 0 Å². The van der Waals surface area contributed by atoms with Gasteiger partial charge in [0.25, 0.3) is 0 Å². The van der Waals surface area contributed by atoms with Gasteiger partial charge in [0.05, 0.1) is 6.61 Å².